The molecule has 0 amide bonds. The van der Waals surface area contributed by atoms with E-state index < -0.39 is 0 Å². The number of hydrogen-bond donors (Lipinski definition) is 2. The first-order chi connectivity index (χ1) is 12.9. The third kappa shape index (κ3) is 4.26. The van der Waals surface area contributed by atoms with E-state index in [4.69, 9.17) is 9.37 Å². The number of fused-ring (bicyclic) bond motifs is 1. The van der Waals surface area contributed by atoms with Gasteiger partial charge >= 0.3 is 0 Å². The van der Waals surface area contributed by atoms with Crippen LogP contribution in [0.5, 0.6) is 0 Å². The molecular weight excluding hydrogens is 354 g/mol. The van der Waals surface area contributed by atoms with Crippen LogP contribution in [-0.2, 0) is 11.3 Å². The van der Waals surface area contributed by atoms with Crippen molar-refractivity contribution < 1.29 is 9.37 Å². The fourth-order valence-electron chi connectivity index (χ4n) is 2.80. The standard InChI is InChI=1S/C16H21N7O2S/c1-3-12(26-10-1)11-18-14-13(19-15-16(20-14)22-25-21-15)17-4-2-5-23-6-8-24-9-7-23/h1,3,10H,2,4-9,11H2,(H,17,19,21)(H,18,20,22). The van der Waals surface area contributed by atoms with E-state index in [9.17, 15) is 0 Å². The van der Waals surface area contributed by atoms with Crippen molar-refractivity contribution in [3.8, 4) is 0 Å². The predicted octanol–water partition coefficient (Wildman–Crippen LogP) is 1.82. The van der Waals surface area contributed by atoms with Gasteiger partial charge in [-0.25, -0.2) is 14.6 Å². The lowest BCUT2D eigenvalue weighted by Crippen LogP contribution is -2.37. The van der Waals surface area contributed by atoms with Crippen LogP contribution < -0.4 is 10.6 Å². The van der Waals surface area contributed by atoms with Crippen LogP contribution in [0.25, 0.3) is 11.3 Å². The molecule has 0 aliphatic carbocycles. The summed E-state index contributed by atoms with van der Waals surface area (Å²) in [6.07, 6.45) is 1.02. The summed E-state index contributed by atoms with van der Waals surface area (Å²) in [4.78, 5) is 12.6. The number of rotatable bonds is 8. The monoisotopic (exact) mass is 375 g/mol. The van der Waals surface area contributed by atoms with Crippen molar-refractivity contribution in [2.24, 2.45) is 0 Å². The molecule has 9 nitrogen and oxygen atoms in total. The van der Waals surface area contributed by atoms with Crippen molar-refractivity contribution in [3.63, 3.8) is 0 Å². The molecule has 0 aromatic carbocycles. The van der Waals surface area contributed by atoms with Gasteiger partial charge in [-0.3, -0.25) is 4.90 Å². The van der Waals surface area contributed by atoms with Gasteiger partial charge in [-0.15, -0.1) is 11.3 Å². The third-order valence-electron chi connectivity index (χ3n) is 4.17. The quantitative estimate of drug-likeness (QED) is 0.571. The molecule has 1 fully saturated rings. The van der Waals surface area contributed by atoms with Crippen LogP contribution in [-0.4, -0.2) is 64.6 Å². The highest BCUT2D eigenvalue weighted by atomic mass is 32.1. The summed E-state index contributed by atoms with van der Waals surface area (Å²) in [5.41, 5.74) is 0.805. The fourth-order valence-corrected chi connectivity index (χ4v) is 3.45. The molecule has 0 spiro atoms. The minimum atomic E-state index is 0.401. The molecule has 3 aromatic rings. The molecule has 26 heavy (non-hydrogen) atoms. The van der Waals surface area contributed by atoms with Crippen LogP contribution in [0, 0.1) is 0 Å². The lowest BCUT2D eigenvalue weighted by atomic mass is 10.3. The molecule has 3 aromatic heterocycles. The van der Waals surface area contributed by atoms with Gasteiger partial charge in [-0.2, -0.15) is 0 Å². The molecule has 2 N–H and O–H groups in total. The van der Waals surface area contributed by atoms with Crippen LogP contribution in [0.2, 0.25) is 0 Å². The van der Waals surface area contributed by atoms with Crippen LogP contribution in [0.3, 0.4) is 0 Å². The maximum absolute atomic E-state index is 5.38. The Balaban J connectivity index is 1.37. The number of nitrogens with one attached hydrogen (secondary N) is 2. The van der Waals surface area contributed by atoms with Crippen LogP contribution in [0.4, 0.5) is 11.6 Å². The summed E-state index contributed by atoms with van der Waals surface area (Å²) in [7, 11) is 0. The number of aromatic nitrogens is 4. The zero-order valence-corrected chi connectivity index (χ0v) is 15.2. The van der Waals surface area contributed by atoms with Crippen LogP contribution >= 0.6 is 11.3 Å². The number of thiophene rings is 1. The average molecular weight is 375 g/mol. The normalized spacial score (nSPS) is 15.4. The second-order valence-electron chi connectivity index (χ2n) is 6.00. The van der Waals surface area contributed by atoms with Gasteiger partial charge in [-0.05, 0) is 34.7 Å². The number of anilines is 2. The summed E-state index contributed by atoms with van der Waals surface area (Å²) in [5.74, 6) is 1.33. The Morgan fingerprint density at radius 2 is 1.85 bits per heavy atom. The minimum Gasteiger partial charge on any atom is -0.379 e. The molecular formula is C16H21N7O2S. The Kier molecular flexibility index (Phi) is 5.53. The van der Waals surface area contributed by atoms with Gasteiger partial charge in [-0.1, -0.05) is 6.07 Å². The molecule has 138 valence electrons. The summed E-state index contributed by atoms with van der Waals surface area (Å²) < 4.78 is 10.1. The minimum absolute atomic E-state index is 0.401. The van der Waals surface area contributed by atoms with Crippen molar-refractivity contribution in [2.45, 2.75) is 13.0 Å². The first-order valence-electron chi connectivity index (χ1n) is 8.69. The average Bonchev–Trinajstić information content (AvgIpc) is 3.35. The summed E-state index contributed by atoms with van der Waals surface area (Å²) in [6.45, 7) is 6.18. The Hall–Kier alpha value is -2.30. The Bertz CT molecular complexity index is 817. The van der Waals surface area contributed by atoms with Crippen molar-refractivity contribution in [1.29, 1.82) is 0 Å². The molecule has 0 saturated carbocycles. The Labute approximate surface area is 154 Å². The van der Waals surface area contributed by atoms with Gasteiger partial charge in [0.25, 0.3) is 0 Å². The molecule has 0 bridgehead atoms. The van der Waals surface area contributed by atoms with E-state index in [-0.39, 0.29) is 0 Å². The van der Waals surface area contributed by atoms with Crippen LogP contribution in [0.1, 0.15) is 11.3 Å². The van der Waals surface area contributed by atoms with Crippen molar-refractivity contribution in [3.05, 3.63) is 22.4 Å². The van der Waals surface area contributed by atoms with E-state index in [1.807, 2.05) is 6.07 Å². The van der Waals surface area contributed by atoms with Crippen molar-refractivity contribution in [1.82, 2.24) is 25.2 Å². The maximum atomic E-state index is 5.38. The predicted molar refractivity (Wildman–Crippen MR) is 99.4 cm³/mol. The summed E-state index contributed by atoms with van der Waals surface area (Å²) in [5, 5.41) is 16.3. The van der Waals surface area contributed by atoms with Gasteiger partial charge in [0, 0.05) is 24.5 Å². The number of nitrogens with zero attached hydrogens (tertiary/aromatic N) is 5. The summed E-state index contributed by atoms with van der Waals surface area (Å²) >= 11 is 1.70. The van der Waals surface area contributed by atoms with Gasteiger partial charge in [0.2, 0.25) is 11.3 Å². The van der Waals surface area contributed by atoms with Gasteiger partial charge in [0.1, 0.15) is 0 Å². The van der Waals surface area contributed by atoms with Gasteiger partial charge in [0.15, 0.2) is 11.6 Å². The SMILES string of the molecule is c1csc(CNc2nc3nonc3nc2NCCCN2CCOCC2)c1. The van der Waals surface area contributed by atoms with E-state index >= 15 is 0 Å². The lowest BCUT2D eigenvalue weighted by molar-refractivity contribution is 0.0378. The van der Waals surface area contributed by atoms with Gasteiger partial charge in [0.05, 0.1) is 19.8 Å². The molecule has 0 radical (unpaired) electrons. The first kappa shape index (κ1) is 17.1. The third-order valence-corrected chi connectivity index (χ3v) is 5.05. The molecule has 1 aliphatic rings. The smallest absolute Gasteiger partial charge is 0.245 e. The maximum Gasteiger partial charge on any atom is 0.245 e. The molecule has 4 rings (SSSR count). The number of hydrogen-bond acceptors (Lipinski definition) is 10. The highest BCUT2D eigenvalue weighted by Crippen LogP contribution is 2.21. The van der Waals surface area contributed by atoms with Gasteiger partial charge < -0.3 is 15.4 Å². The lowest BCUT2D eigenvalue weighted by Gasteiger charge is -2.26. The number of morpholine rings is 1. The number of ether oxygens (including phenoxy) is 1. The van der Waals surface area contributed by atoms with Crippen LogP contribution in [0.15, 0.2) is 22.1 Å². The largest absolute Gasteiger partial charge is 0.379 e. The molecule has 1 aliphatic heterocycles. The summed E-state index contributed by atoms with van der Waals surface area (Å²) in [6, 6.07) is 4.11. The molecule has 0 unspecified atom stereocenters. The molecule has 1 saturated heterocycles. The molecule has 0 atom stereocenters. The topological polar surface area (TPSA) is 101 Å². The second kappa shape index (κ2) is 8.39. The highest BCUT2D eigenvalue weighted by molar-refractivity contribution is 7.09. The Morgan fingerprint density at radius 3 is 2.58 bits per heavy atom. The van der Waals surface area contributed by atoms with E-state index in [1.54, 1.807) is 11.3 Å². The molecule has 10 heteroatoms. The molecule has 4 heterocycles. The fraction of sp³-hybridized carbons (Fsp3) is 0.500. The zero-order valence-electron chi connectivity index (χ0n) is 14.3. The first-order valence-corrected chi connectivity index (χ1v) is 9.57. The van der Waals surface area contributed by atoms with E-state index in [2.05, 4.69) is 47.3 Å². The highest BCUT2D eigenvalue weighted by Gasteiger charge is 2.13. The van der Waals surface area contributed by atoms with Crippen molar-refractivity contribution >= 4 is 34.3 Å². The van der Waals surface area contributed by atoms with E-state index in [0.717, 1.165) is 45.8 Å². The van der Waals surface area contributed by atoms with E-state index in [0.29, 0.717) is 29.5 Å². The zero-order chi connectivity index (χ0) is 17.6. The van der Waals surface area contributed by atoms with E-state index in [1.165, 1.54) is 4.88 Å². The van der Waals surface area contributed by atoms with Crippen molar-refractivity contribution in [2.75, 3.05) is 50.0 Å². The second-order valence-corrected chi connectivity index (χ2v) is 7.03. The Morgan fingerprint density at radius 1 is 1.08 bits per heavy atom.